The Morgan fingerprint density at radius 2 is 2.16 bits per heavy atom. The van der Waals surface area contributed by atoms with Crippen molar-refractivity contribution >= 4 is 22.5 Å². The maximum absolute atomic E-state index is 6.14. The first-order valence-electron chi connectivity index (χ1n) is 5.99. The number of benzene rings is 1. The van der Waals surface area contributed by atoms with E-state index < -0.39 is 0 Å². The lowest BCUT2D eigenvalue weighted by molar-refractivity contribution is 0.415. The summed E-state index contributed by atoms with van der Waals surface area (Å²) in [5.41, 5.74) is 2.22. The minimum atomic E-state index is 0.692. The number of ether oxygens (including phenoxy) is 1. The third-order valence-electron chi connectivity index (χ3n) is 3.18. The molecule has 3 nitrogen and oxygen atoms in total. The van der Waals surface area contributed by atoms with Gasteiger partial charge in [-0.3, -0.25) is 4.98 Å². The summed E-state index contributed by atoms with van der Waals surface area (Å²) in [6.45, 7) is 0.733. The van der Waals surface area contributed by atoms with E-state index in [0.717, 1.165) is 28.8 Å². The van der Waals surface area contributed by atoms with E-state index in [0.29, 0.717) is 5.02 Å². The molecule has 0 aliphatic heterocycles. The van der Waals surface area contributed by atoms with Crippen LogP contribution in [0.1, 0.15) is 5.56 Å². The lowest BCUT2D eigenvalue weighted by atomic mass is 10.2. The standard InChI is InChI=1S/C15H13ClN2O/c1-19-13-2-3-15-11(8-13)5-7-18(15)10-12-4-6-17-9-14(12)16/h2-9H,10H2,1H3. The molecule has 4 heteroatoms. The number of hydrogen-bond acceptors (Lipinski definition) is 2. The molecule has 0 saturated carbocycles. The third-order valence-corrected chi connectivity index (χ3v) is 3.52. The number of methoxy groups -OCH3 is 1. The molecule has 0 unspecified atom stereocenters. The van der Waals surface area contributed by atoms with Crippen molar-refractivity contribution in [2.45, 2.75) is 6.54 Å². The number of halogens is 1. The minimum absolute atomic E-state index is 0.692. The van der Waals surface area contributed by atoms with E-state index in [-0.39, 0.29) is 0 Å². The highest BCUT2D eigenvalue weighted by Crippen LogP contribution is 2.23. The average Bonchev–Trinajstić information content (AvgIpc) is 2.83. The highest BCUT2D eigenvalue weighted by Gasteiger charge is 2.05. The van der Waals surface area contributed by atoms with Crippen molar-refractivity contribution in [2.75, 3.05) is 7.11 Å². The van der Waals surface area contributed by atoms with Crippen LogP contribution in [-0.2, 0) is 6.54 Å². The monoisotopic (exact) mass is 272 g/mol. The van der Waals surface area contributed by atoms with Crippen molar-refractivity contribution in [1.29, 1.82) is 0 Å². The molecule has 96 valence electrons. The van der Waals surface area contributed by atoms with Gasteiger partial charge in [0.05, 0.1) is 12.1 Å². The van der Waals surface area contributed by atoms with Crippen LogP contribution in [0.2, 0.25) is 5.02 Å². The van der Waals surface area contributed by atoms with Gasteiger partial charge in [0.1, 0.15) is 5.75 Å². The van der Waals surface area contributed by atoms with Crippen molar-refractivity contribution < 1.29 is 4.74 Å². The highest BCUT2D eigenvalue weighted by atomic mass is 35.5. The van der Waals surface area contributed by atoms with Crippen molar-refractivity contribution in [3.05, 3.63) is 59.5 Å². The second-order valence-corrected chi connectivity index (χ2v) is 4.74. The van der Waals surface area contributed by atoms with Gasteiger partial charge in [0.25, 0.3) is 0 Å². The van der Waals surface area contributed by atoms with Gasteiger partial charge in [-0.05, 0) is 35.9 Å². The fraction of sp³-hybridized carbons (Fsp3) is 0.133. The molecule has 2 heterocycles. The third kappa shape index (κ3) is 2.29. The topological polar surface area (TPSA) is 27.1 Å². The second-order valence-electron chi connectivity index (χ2n) is 4.34. The lowest BCUT2D eigenvalue weighted by Gasteiger charge is -2.07. The number of nitrogens with zero attached hydrogens (tertiary/aromatic N) is 2. The largest absolute Gasteiger partial charge is 0.497 e. The summed E-state index contributed by atoms with van der Waals surface area (Å²) >= 11 is 6.14. The van der Waals surface area contributed by atoms with Crippen LogP contribution in [-0.4, -0.2) is 16.7 Å². The lowest BCUT2D eigenvalue weighted by Crippen LogP contribution is -1.98. The van der Waals surface area contributed by atoms with Crippen LogP contribution in [0.4, 0.5) is 0 Å². The molecule has 3 rings (SSSR count). The zero-order valence-corrected chi connectivity index (χ0v) is 11.3. The number of pyridine rings is 1. The maximum atomic E-state index is 6.14. The molecule has 0 saturated heterocycles. The Morgan fingerprint density at radius 3 is 2.95 bits per heavy atom. The molecular formula is C15H13ClN2O. The van der Waals surface area contributed by atoms with E-state index in [9.17, 15) is 0 Å². The summed E-state index contributed by atoms with van der Waals surface area (Å²) in [5.74, 6) is 0.868. The summed E-state index contributed by atoms with van der Waals surface area (Å²) in [6.07, 6.45) is 5.49. The molecule has 0 fully saturated rings. The van der Waals surface area contributed by atoms with Gasteiger partial charge in [0.2, 0.25) is 0 Å². The minimum Gasteiger partial charge on any atom is -0.497 e. The number of aromatic nitrogens is 2. The van der Waals surface area contributed by atoms with Crippen LogP contribution in [0.3, 0.4) is 0 Å². The predicted molar refractivity (Wildman–Crippen MR) is 76.8 cm³/mol. The Morgan fingerprint density at radius 1 is 1.26 bits per heavy atom. The summed E-state index contributed by atoms with van der Waals surface area (Å²) in [6, 6.07) is 10.1. The summed E-state index contributed by atoms with van der Waals surface area (Å²) < 4.78 is 7.39. The molecule has 1 aromatic carbocycles. The van der Waals surface area contributed by atoms with E-state index in [1.54, 1.807) is 19.5 Å². The molecule has 19 heavy (non-hydrogen) atoms. The Kier molecular flexibility index (Phi) is 3.13. The maximum Gasteiger partial charge on any atom is 0.119 e. The van der Waals surface area contributed by atoms with E-state index >= 15 is 0 Å². The van der Waals surface area contributed by atoms with E-state index in [1.807, 2.05) is 18.2 Å². The van der Waals surface area contributed by atoms with E-state index in [4.69, 9.17) is 16.3 Å². The molecular weight excluding hydrogens is 260 g/mol. The molecule has 2 aromatic heterocycles. The van der Waals surface area contributed by atoms with Crippen LogP contribution >= 0.6 is 11.6 Å². The van der Waals surface area contributed by atoms with Crippen LogP contribution < -0.4 is 4.74 Å². The van der Waals surface area contributed by atoms with Crippen molar-refractivity contribution in [3.8, 4) is 5.75 Å². The molecule has 0 atom stereocenters. The van der Waals surface area contributed by atoms with Gasteiger partial charge in [0.15, 0.2) is 0 Å². The Balaban J connectivity index is 2.00. The van der Waals surface area contributed by atoms with E-state index in [1.165, 1.54) is 0 Å². The molecule has 0 bridgehead atoms. The normalized spacial score (nSPS) is 10.8. The van der Waals surface area contributed by atoms with Gasteiger partial charge in [-0.15, -0.1) is 0 Å². The molecule has 3 aromatic rings. The first kappa shape index (κ1) is 12.1. The van der Waals surface area contributed by atoms with Gasteiger partial charge >= 0.3 is 0 Å². The quantitative estimate of drug-likeness (QED) is 0.726. The van der Waals surface area contributed by atoms with Crippen molar-refractivity contribution in [1.82, 2.24) is 9.55 Å². The zero-order chi connectivity index (χ0) is 13.2. The zero-order valence-electron chi connectivity index (χ0n) is 10.5. The Hall–Kier alpha value is -2.00. The van der Waals surface area contributed by atoms with Crippen LogP contribution in [0, 0.1) is 0 Å². The average molecular weight is 273 g/mol. The summed E-state index contributed by atoms with van der Waals surface area (Å²) in [5, 5.41) is 1.85. The van der Waals surface area contributed by atoms with Crippen molar-refractivity contribution in [2.24, 2.45) is 0 Å². The first-order valence-corrected chi connectivity index (χ1v) is 6.37. The number of rotatable bonds is 3. The number of hydrogen-bond donors (Lipinski definition) is 0. The van der Waals surface area contributed by atoms with Gasteiger partial charge in [-0.2, -0.15) is 0 Å². The van der Waals surface area contributed by atoms with Gasteiger partial charge in [-0.1, -0.05) is 11.6 Å². The summed E-state index contributed by atoms with van der Waals surface area (Å²) in [4.78, 5) is 4.00. The number of fused-ring (bicyclic) bond motifs is 1. The van der Waals surface area contributed by atoms with Gasteiger partial charge in [-0.25, -0.2) is 0 Å². The summed E-state index contributed by atoms with van der Waals surface area (Å²) in [7, 11) is 1.68. The van der Waals surface area contributed by atoms with Gasteiger partial charge < -0.3 is 9.30 Å². The van der Waals surface area contributed by atoms with Crippen LogP contribution in [0.15, 0.2) is 48.9 Å². The first-order chi connectivity index (χ1) is 9.28. The van der Waals surface area contributed by atoms with Crippen molar-refractivity contribution in [3.63, 3.8) is 0 Å². The second kappa shape index (κ2) is 4.94. The molecule has 0 aliphatic carbocycles. The molecule has 0 amide bonds. The van der Waals surface area contributed by atoms with E-state index in [2.05, 4.69) is 27.9 Å². The molecule has 0 radical (unpaired) electrons. The SMILES string of the molecule is COc1ccc2c(ccn2Cc2ccncc2Cl)c1. The molecule has 0 aliphatic rings. The molecule has 0 spiro atoms. The van der Waals surface area contributed by atoms with Crippen LogP contribution in [0.25, 0.3) is 10.9 Å². The molecule has 0 N–H and O–H groups in total. The predicted octanol–water partition coefficient (Wildman–Crippen LogP) is 3.75. The highest BCUT2D eigenvalue weighted by molar-refractivity contribution is 6.31. The smallest absolute Gasteiger partial charge is 0.119 e. The van der Waals surface area contributed by atoms with Crippen LogP contribution in [0.5, 0.6) is 5.75 Å². The Bertz CT molecular complexity index is 721. The Labute approximate surface area is 116 Å². The fourth-order valence-corrected chi connectivity index (χ4v) is 2.34. The fourth-order valence-electron chi connectivity index (χ4n) is 2.16. The van der Waals surface area contributed by atoms with Gasteiger partial charge in [0, 0.05) is 36.0 Å².